The molecule has 1 fully saturated rings. The molecule has 3 rings (SSSR count). The van der Waals surface area contributed by atoms with Crippen molar-refractivity contribution in [2.24, 2.45) is 0 Å². The second-order valence-corrected chi connectivity index (χ2v) is 8.97. The van der Waals surface area contributed by atoms with Crippen LogP contribution in [-0.2, 0) is 10.0 Å². The summed E-state index contributed by atoms with van der Waals surface area (Å²) < 4.78 is 28.3. The van der Waals surface area contributed by atoms with E-state index in [4.69, 9.17) is 0 Å². The number of hydrogen-bond acceptors (Lipinski definition) is 2. The van der Waals surface area contributed by atoms with E-state index in [1.165, 1.54) is 36.1 Å². The Bertz CT molecular complexity index is 781. The van der Waals surface area contributed by atoms with Crippen LogP contribution in [0.5, 0.6) is 0 Å². The Kier molecular flexibility index (Phi) is 6.46. The summed E-state index contributed by atoms with van der Waals surface area (Å²) in [5.74, 6) is 0. The molecule has 0 aromatic heterocycles. The van der Waals surface area contributed by atoms with Gasteiger partial charge in [-0.2, -0.15) is 0 Å². The van der Waals surface area contributed by atoms with Gasteiger partial charge in [0.1, 0.15) is 6.04 Å². The van der Waals surface area contributed by atoms with Gasteiger partial charge in [0.2, 0.25) is 10.0 Å². The highest BCUT2D eigenvalue weighted by Crippen LogP contribution is 2.14. The second-order valence-electron chi connectivity index (χ2n) is 7.20. The molecule has 26 heavy (non-hydrogen) atoms. The largest absolute Gasteiger partial charge is 0.328 e. The summed E-state index contributed by atoms with van der Waals surface area (Å²) in [6.45, 7) is 4.59. The van der Waals surface area contributed by atoms with Crippen LogP contribution in [0.15, 0.2) is 59.5 Å². The number of quaternary nitrogens is 1. The van der Waals surface area contributed by atoms with E-state index in [1.54, 1.807) is 12.1 Å². The van der Waals surface area contributed by atoms with Gasteiger partial charge in [-0.1, -0.05) is 48.0 Å². The highest BCUT2D eigenvalue weighted by atomic mass is 32.2. The average molecular weight is 374 g/mol. The molecule has 1 aliphatic rings. The van der Waals surface area contributed by atoms with E-state index < -0.39 is 10.0 Å². The number of aryl methyl sites for hydroxylation is 1. The first-order chi connectivity index (χ1) is 12.6. The zero-order valence-corrected chi connectivity index (χ0v) is 16.3. The van der Waals surface area contributed by atoms with E-state index in [-0.39, 0.29) is 6.04 Å². The van der Waals surface area contributed by atoms with Gasteiger partial charge in [-0.25, -0.2) is 13.1 Å². The molecule has 0 unspecified atom stereocenters. The van der Waals surface area contributed by atoms with Crippen molar-refractivity contribution in [1.82, 2.24) is 4.72 Å². The van der Waals surface area contributed by atoms with E-state index in [9.17, 15) is 8.42 Å². The van der Waals surface area contributed by atoms with Crippen LogP contribution < -0.4 is 9.62 Å². The van der Waals surface area contributed by atoms with Crippen LogP contribution in [0.4, 0.5) is 0 Å². The molecule has 0 saturated carbocycles. The zero-order chi connectivity index (χ0) is 18.4. The van der Waals surface area contributed by atoms with Gasteiger partial charge in [-0.15, -0.1) is 0 Å². The van der Waals surface area contributed by atoms with Crippen molar-refractivity contribution in [3.05, 3.63) is 65.7 Å². The summed E-state index contributed by atoms with van der Waals surface area (Å²) in [5.41, 5.74) is 2.26. The fourth-order valence-electron chi connectivity index (χ4n) is 3.71. The molecule has 0 amide bonds. The Balaban J connectivity index is 1.78. The Labute approximate surface area is 157 Å². The van der Waals surface area contributed by atoms with Crippen LogP contribution in [0.25, 0.3) is 0 Å². The molecular weight excluding hydrogens is 344 g/mol. The smallest absolute Gasteiger partial charge is 0.240 e. The van der Waals surface area contributed by atoms with Gasteiger partial charge < -0.3 is 4.90 Å². The zero-order valence-electron chi connectivity index (χ0n) is 15.4. The third kappa shape index (κ3) is 4.93. The standard InChI is InChI=1S/C21H28N2O2S/c1-18-11-13-20(14-12-18)26(24,25)22-17-21(19-9-5-4-6-10-19)23-15-7-2-3-8-16-23/h4-6,9-14,21-22H,2-3,7-8,15-17H2,1H3/p+1/t21-/m1/s1. The molecule has 0 spiro atoms. The minimum Gasteiger partial charge on any atom is -0.328 e. The van der Waals surface area contributed by atoms with Gasteiger partial charge in [-0.05, 0) is 44.7 Å². The Hall–Kier alpha value is -1.69. The number of likely N-dealkylation sites (tertiary alicyclic amines) is 1. The fraction of sp³-hybridized carbons (Fsp3) is 0.429. The SMILES string of the molecule is Cc1ccc(S(=O)(=O)NC[C@H](c2ccccc2)[NH+]2CCCCCC2)cc1. The highest BCUT2D eigenvalue weighted by Gasteiger charge is 2.27. The summed E-state index contributed by atoms with van der Waals surface area (Å²) in [6, 6.07) is 17.5. The normalized spacial score (nSPS) is 17.6. The first kappa shape index (κ1) is 19.1. The van der Waals surface area contributed by atoms with Crippen molar-refractivity contribution in [3.8, 4) is 0 Å². The van der Waals surface area contributed by atoms with Crippen LogP contribution in [-0.4, -0.2) is 28.1 Å². The topological polar surface area (TPSA) is 50.6 Å². The molecule has 1 saturated heterocycles. The molecule has 1 atom stereocenters. The molecule has 2 N–H and O–H groups in total. The van der Waals surface area contributed by atoms with Gasteiger partial charge in [0.25, 0.3) is 0 Å². The monoisotopic (exact) mass is 373 g/mol. The van der Waals surface area contributed by atoms with E-state index in [1.807, 2.05) is 37.3 Å². The molecule has 1 aliphatic heterocycles. The van der Waals surface area contributed by atoms with Gasteiger partial charge >= 0.3 is 0 Å². The van der Waals surface area contributed by atoms with Crippen molar-refractivity contribution >= 4 is 10.0 Å². The molecule has 5 heteroatoms. The van der Waals surface area contributed by atoms with Gasteiger partial charge in [-0.3, -0.25) is 0 Å². The van der Waals surface area contributed by atoms with Crippen LogP contribution in [0.2, 0.25) is 0 Å². The summed E-state index contributed by atoms with van der Waals surface area (Å²) in [4.78, 5) is 1.82. The maximum Gasteiger partial charge on any atom is 0.240 e. The van der Waals surface area contributed by atoms with Crippen LogP contribution in [0, 0.1) is 6.92 Å². The lowest BCUT2D eigenvalue weighted by Gasteiger charge is -2.28. The molecule has 0 aliphatic carbocycles. The van der Waals surface area contributed by atoms with Crippen LogP contribution in [0.1, 0.15) is 42.9 Å². The number of benzene rings is 2. The minimum absolute atomic E-state index is 0.148. The molecule has 140 valence electrons. The molecular formula is C21H29N2O2S+. The van der Waals surface area contributed by atoms with E-state index in [0.717, 1.165) is 18.7 Å². The maximum absolute atomic E-state index is 12.7. The second kappa shape index (κ2) is 8.80. The Morgan fingerprint density at radius 1 is 0.923 bits per heavy atom. The molecule has 2 aromatic carbocycles. The lowest BCUT2D eigenvalue weighted by atomic mass is 10.1. The van der Waals surface area contributed by atoms with Crippen molar-refractivity contribution < 1.29 is 13.3 Å². The van der Waals surface area contributed by atoms with Crippen molar-refractivity contribution in [2.75, 3.05) is 19.6 Å². The molecule has 2 aromatic rings. The van der Waals surface area contributed by atoms with Gasteiger partial charge in [0.05, 0.1) is 24.5 Å². The Morgan fingerprint density at radius 2 is 1.54 bits per heavy atom. The first-order valence-electron chi connectivity index (χ1n) is 9.52. The molecule has 0 bridgehead atoms. The van der Waals surface area contributed by atoms with Crippen molar-refractivity contribution in [3.63, 3.8) is 0 Å². The predicted octanol–water partition coefficient (Wildman–Crippen LogP) is 2.47. The van der Waals surface area contributed by atoms with Crippen LogP contribution >= 0.6 is 0 Å². The van der Waals surface area contributed by atoms with E-state index in [2.05, 4.69) is 16.9 Å². The molecule has 1 heterocycles. The third-order valence-corrected chi connectivity index (χ3v) is 6.69. The number of nitrogens with one attached hydrogen (secondary N) is 2. The Morgan fingerprint density at radius 3 is 2.15 bits per heavy atom. The summed E-state index contributed by atoms with van der Waals surface area (Å²) in [7, 11) is -3.49. The molecule has 4 nitrogen and oxygen atoms in total. The van der Waals surface area contributed by atoms with Crippen molar-refractivity contribution in [2.45, 2.75) is 43.5 Å². The first-order valence-corrected chi connectivity index (χ1v) is 11.0. The van der Waals surface area contributed by atoms with Gasteiger partial charge in [0.15, 0.2) is 0 Å². The van der Waals surface area contributed by atoms with Gasteiger partial charge in [0, 0.05) is 5.56 Å². The summed E-state index contributed by atoms with van der Waals surface area (Å²) >= 11 is 0. The highest BCUT2D eigenvalue weighted by molar-refractivity contribution is 7.89. The van der Waals surface area contributed by atoms with Crippen LogP contribution in [0.3, 0.4) is 0 Å². The lowest BCUT2D eigenvalue weighted by Crippen LogP contribution is -3.12. The average Bonchev–Trinajstić information content (AvgIpc) is 2.92. The fourth-order valence-corrected chi connectivity index (χ4v) is 4.76. The lowest BCUT2D eigenvalue weighted by molar-refractivity contribution is -0.929. The summed E-state index contributed by atoms with van der Waals surface area (Å²) in [5, 5.41) is 0. The predicted molar refractivity (Wildman–Crippen MR) is 105 cm³/mol. The number of rotatable bonds is 6. The maximum atomic E-state index is 12.7. The van der Waals surface area contributed by atoms with E-state index >= 15 is 0 Å². The molecule has 0 radical (unpaired) electrons. The third-order valence-electron chi connectivity index (χ3n) is 5.25. The number of hydrogen-bond donors (Lipinski definition) is 2. The van der Waals surface area contributed by atoms with Crippen molar-refractivity contribution in [1.29, 1.82) is 0 Å². The summed E-state index contributed by atoms with van der Waals surface area (Å²) in [6.07, 6.45) is 4.98. The number of sulfonamides is 1. The minimum atomic E-state index is -3.49. The van der Waals surface area contributed by atoms with E-state index in [0.29, 0.717) is 11.4 Å². The quantitative estimate of drug-likeness (QED) is 0.817.